The van der Waals surface area contributed by atoms with Crippen LogP contribution < -0.4 is 10.6 Å². The first kappa shape index (κ1) is 15.0. The number of likely N-dealkylation sites (N-methyl/N-ethyl adjacent to an activating group) is 1. The Balaban J connectivity index is 1.95. The van der Waals surface area contributed by atoms with Crippen LogP contribution in [0.25, 0.3) is 0 Å². The Labute approximate surface area is 124 Å². The van der Waals surface area contributed by atoms with Gasteiger partial charge >= 0.3 is 0 Å². The van der Waals surface area contributed by atoms with Crippen molar-refractivity contribution in [3.05, 3.63) is 23.8 Å². The van der Waals surface area contributed by atoms with Gasteiger partial charge in [0, 0.05) is 20.6 Å². The minimum absolute atomic E-state index is 0.0958. The number of aliphatic imine (C=N–C) groups is 2. The smallest absolute Gasteiger partial charge is 0.202 e. The van der Waals surface area contributed by atoms with Gasteiger partial charge in [-0.25, -0.2) is 9.98 Å². The first-order valence-corrected chi connectivity index (χ1v) is 6.82. The van der Waals surface area contributed by atoms with Gasteiger partial charge in [-0.1, -0.05) is 6.07 Å². The number of hydrogen-bond donors (Lipinski definition) is 4. The number of aromatic hydroxyl groups is 2. The van der Waals surface area contributed by atoms with Gasteiger partial charge < -0.3 is 20.4 Å². The van der Waals surface area contributed by atoms with Gasteiger partial charge in [0.15, 0.2) is 17.5 Å². The molecule has 0 aromatic heterocycles. The molecule has 0 bridgehead atoms. The first-order chi connectivity index (χ1) is 9.99. The zero-order valence-electron chi connectivity index (χ0n) is 12.5. The van der Waals surface area contributed by atoms with E-state index in [0.717, 1.165) is 24.5 Å². The normalized spacial score (nSPS) is 17.6. The van der Waals surface area contributed by atoms with Gasteiger partial charge in [0.2, 0.25) is 5.96 Å². The van der Waals surface area contributed by atoms with Crippen LogP contribution in [0.15, 0.2) is 28.2 Å². The van der Waals surface area contributed by atoms with Crippen molar-refractivity contribution in [3.63, 3.8) is 0 Å². The predicted octanol–water partition coefficient (Wildman–Crippen LogP) is 0.453. The summed E-state index contributed by atoms with van der Waals surface area (Å²) in [6.07, 6.45) is 0.606. The summed E-state index contributed by atoms with van der Waals surface area (Å²) in [6.45, 7) is 2.64. The third-order valence-corrected chi connectivity index (χ3v) is 3.23. The first-order valence-electron chi connectivity index (χ1n) is 6.82. The maximum Gasteiger partial charge on any atom is 0.202 e. The molecule has 21 heavy (non-hydrogen) atoms. The molecule has 1 aliphatic heterocycles. The SMILES string of the molecule is CNC1=NC(C)N=C(N(C)CCc2ccc(O)c(O)c2)N1. The van der Waals surface area contributed by atoms with Crippen LogP contribution >= 0.6 is 0 Å². The van der Waals surface area contributed by atoms with Crippen LogP contribution in [0.3, 0.4) is 0 Å². The molecule has 1 aromatic carbocycles. The Morgan fingerprint density at radius 2 is 2.05 bits per heavy atom. The van der Waals surface area contributed by atoms with Crippen LogP contribution in [0.4, 0.5) is 0 Å². The molecule has 1 aliphatic rings. The molecule has 0 amide bonds. The van der Waals surface area contributed by atoms with E-state index in [1.807, 2.05) is 18.9 Å². The van der Waals surface area contributed by atoms with E-state index in [4.69, 9.17) is 0 Å². The Hall–Kier alpha value is -2.44. The molecule has 1 aromatic rings. The van der Waals surface area contributed by atoms with Gasteiger partial charge in [-0.05, 0) is 31.0 Å². The fraction of sp³-hybridized carbons (Fsp3) is 0.429. The van der Waals surface area contributed by atoms with Gasteiger partial charge in [-0.3, -0.25) is 5.32 Å². The van der Waals surface area contributed by atoms with Gasteiger partial charge in [-0.2, -0.15) is 0 Å². The van der Waals surface area contributed by atoms with Gasteiger partial charge in [0.25, 0.3) is 0 Å². The Bertz CT molecular complexity index is 570. The lowest BCUT2D eigenvalue weighted by atomic mass is 10.1. The number of benzene rings is 1. The summed E-state index contributed by atoms with van der Waals surface area (Å²) < 4.78 is 0. The van der Waals surface area contributed by atoms with Crippen molar-refractivity contribution in [2.45, 2.75) is 19.5 Å². The highest BCUT2D eigenvalue weighted by molar-refractivity contribution is 5.99. The van der Waals surface area contributed by atoms with E-state index < -0.39 is 0 Å². The second-order valence-corrected chi connectivity index (χ2v) is 4.93. The van der Waals surface area contributed by atoms with E-state index in [1.165, 1.54) is 6.07 Å². The number of rotatable bonds is 3. The van der Waals surface area contributed by atoms with Gasteiger partial charge in [-0.15, -0.1) is 0 Å². The summed E-state index contributed by atoms with van der Waals surface area (Å²) in [5.74, 6) is 1.25. The molecule has 1 heterocycles. The van der Waals surface area contributed by atoms with Crippen LogP contribution in [-0.2, 0) is 6.42 Å². The van der Waals surface area contributed by atoms with E-state index in [9.17, 15) is 10.2 Å². The molecule has 0 fully saturated rings. The summed E-state index contributed by atoms with van der Waals surface area (Å²) in [4.78, 5) is 10.7. The quantitative estimate of drug-likeness (QED) is 0.607. The van der Waals surface area contributed by atoms with Gasteiger partial charge in [0.05, 0.1) is 0 Å². The van der Waals surface area contributed by atoms with Crippen molar-refractivity contribution in [2.24, 2.45) is 9.98 Å². The lowest BCUT2D eigenvalue weighted by Gasteiger charge is -2.26. The molecule has 2 rings (SSSR count). The number of nitrogens with zero attached hydrogens (tertiary/aromatic N) is 3. The van der Waals surface area contributed by atoms with Crippen molar-refractivity contribution in [1.29, 1.82) is 0 Å². The highest BCUT2D eigenvalue weighted by atomic mass is 16.3. The molecular weight excluding hydrogens is 270 g/mol. The van der Waals surface area contributed by atoms with E-state index in [2.05, 4.69) is 20.6 Å². The van der Waals surface area contributed by atoms with Gasteiger partial charge in [0.1, 0.15) is 6.17 Å². The van der Waals surface area contributed by atoms with Crippen LogP contribution in [-0.4, -0.2) is 53.8 Å². The number of nitrogens with one attached hydrogen (secondary N) is 2. The number of phenolic OH excluding ortho intramolecular Hbond substituents is 2. The molecular formula is C14H21N5O2. The Morgan fingerprint density at radius 3 is 2.71 bits per heavy atom. The molecule has 0 saturated carbocycles. The molecule has 1 atom stereocenters. The predicted molar refractivity (Wildman–Crippen MR) is 82.6 cm³/mol. The maximum absolute atomic E-state index is 9.49. The average molecular weight is 291 g/mol. The van der Waals surface area contributed by atoms with E-state index in [1.54, 1.807) is 19.2 Å². The summed E-state index contributed by atoms with van der Waals surface area (Å²) >= 11 is 0. The molecule has 0 saturated heterocycles. The van der Waals surface area contributed by atoms with Crippen LogP contribution in [0.5, 0.6) is 11.5 Å². The molecule has 0 radical (unpaired) electrons. The zero-order chi connectivity index (χ0) is 15.4. The van der Waals surface area contributed by atoms with Crippen LogP contribution in [0.1, 0.15) is 12.5 Å². The summed E-state index contributed by atoms with van der Waals surface area (Å²) in [7, 11) is 3.75. The van der Waals surface area contributed by atoms with Crippen LogP contribution in [0, 0.1) is 0 Å². The lowest BCUT2D eigenvalue weighted by molar-refractivity contribution is 0.402. The van der Waals surface area contributed by atoms with E-state index >= 15 is 0 Å². The fourth-order valence-electron chi connectivity index (χ4n) is 2.01. The zero-order valence-corrected chi connectivity index (χ0v) is 12.5. The third-order valence-electron chi connectivity index (χ3n) is 3.23. The molecule has 4 N–H and O–H groups in total. The third kappa shape index (κ3) is 3.77. The summed E-state index contributed by atoms with van der Waals surface area (Å²) in [6, 6.07) is 4.86. The number of phenols is 2. The minimum Gasteiger partial charge on any atom is -0.504 e. The molecule has 0 spiro atoms. The summed E-state index contributed by atoms with van der Waals surface area (Å²) in [5.41, 5.74) is 0.948. The van der Waals surface area contributed by atoms with Crippen molar-refractivity contribution < 1.29 is 10.2 Å². The number of hydrogen-bond acceptors (Lipinski definition) is 7. The highest BCUT2D eigenvalue weighted by Crippen LogP contribution is 2.25. The lowest BCUT2D eigenvalue weighted by Crippen LogP contribution is -2.50. The van der Waals surface area contributed by atoms with Crippen molar-refractivity contribution in [2.75, 3.05) is 20.6 Å². The molecule has 0 aliphatic carbocycles. The molecule has 114 valence electrons. The molecule has 7 nitrogen and oxygen atoms in total. The van der Waals surface area contributed by atoms with Crippen LogP contribution in [0.2, 0.25) is 0 Å². The van der Waals surface area contributed by atoms with Crippen molar-refractivity contribution in [3.8, 4) is 11.5 Å². The van der Waals surface area contributed by atoms with E-state index in [-0.39, 0.29) is 17.7 Å². The second-order valence-electron chi connectivity index (χ2n) is 4.93. The standard InChI is InChI=1S/C14H21N5O2/c1-9-16-13(15-2)18-14(17-9)19(3)7-6-10-4-5-11(20)12(21)8-10/h4-5,8-9,20-21H,6-7H2,1-3H3,(H2,15,16,17,18). The maximum atomic E-state index is 9.49. The Kier molecular flexibility index (Phi) is 4.52. The summed E-state index contributed by atoms with van der Waals surface area (Å²) in [5, 5.41) is 24.9. The topological polar surface area (TPSA) is 92.5 Å². The monoisotopic (exact) mass is 291 g/mol. The van der Waals surface area contributed by atoms with Crippen molar-refractivity contribution >= 4 is 11.9 Å². The van der Waals surface area contributed by atoms with Crippen molar-refractivity contribution in [1.82, 2.24) is 15.5 Å². The largest absolute Gasteiger partial charge is 0.504 e. The fourth-order valence-corrected chi connectivity index (χ4v) is 2.01. The number of guanidine groups is 2. The van der Waals surface area contributed by atoms with E-state index in [0.29, 0.717) is 5.96 Å². The minimum atomic E-state index is -0.121. The second kappa shape index (κ2) is 6.34. The molecule has 7 heteroatoms. The molecule has 1 unspecified atom stereocenters. The highest BCUT2D eigenvalue weighted by Gasteiger charge is 2.15. The Morgan fingerprint density at radius 1 is 1.29 bits per heavy atom. The average Bonchev–Trinajstić information content (AvgIpc) is 2.47.